The second-order valence-corrected chi connectivity index (χ2v) is 37.8. The van der Waals surface area contributed by atoms with Crippen molar-refractivity contribution in [1.29, 1.82) is 0 Å². The van der Waals surface area contributed by atoms with Crippen LogP contribution in [0.25, 0.3) is 33.4 Å². The number of ether oxygens (including phenoxy) is 10. The maximum absolute atomic E-state index is 13.3. The first kappa shape index (κ1) is 123. The number of nitrogens with zero attached hydrogens (tertiary/aromatic N) is 1. The standard InChI is InChI=1S/C35H48N2O8.C34H47NO7.C32H42O7.C11H16N2O4S.CH4/c1-4-5-18-43-20-16-36-34(41)9-6-10-35(42)37-27-12-14-29-28-13-11-26(33(40)8-7-19-44-24(2)15-17-38)21-30(28)32(31(29)22-27)23-45-25(3)39;1-4-5-19-40-21-17-35-33(39)13-6-9-26-14-15-28-30(22-26)31(23-42-25(3)37)27-10-7-11-29(34(27)28)32(38)12-8-20-41-24(2)16-18-36;1-4-5-16-37-17-6-8-31(35)24-10-12-26-27-13-11-25(32(36)9-7-18-38-22(2)14-15-33)20-29(27)30(28(26)19-24)21-39-23(3)34;1-3-13-18(15,16)11-8-12-6-4-10(11)5-7-17-9(2)14;/h11-14,21-22,24,32,38H,4-10,15-20,23H2,1-3H3,(H,36,41)(H,37,42);7,10-11,14-15,22,24,31,36H,4-6,8-9,12-13,16-21,23H2,1-3H3,(H,35,39);10-13,19-20,22,30,33H,4-9,14-18,21H2,1-3H3;4,6,8,13H,3,5,7H2,1-2H3;1H4. The number of sulfonamides is 1. The summed E-state index contributed by atoms with van der Waals surface area (Å²) in [6.07, 6.45) is 17.7. The van der Waals surface area contributed by atoms with Crippen LogP contribution in [-0.4, -0.2) is 237 Å². The van der Waals surface area contributed by atoms with Crippen molar-refractivity contribution < 1.29 is 124 Å². The van der Waals surface area contributed by atoms with Gasteiger partial charge in [-0.05, 0) is 219 Å². The largest absolute Gasteiger partial charge is 0.466 e. The SMILES string of the molecule is C.CCCCOCCCC(=O)c1ccc2c(c1)C(COC(C)=O)c1cc(C(=O)CCCOC(C)CCO)ccc1-2.CCCCOCCNC(=O)CCCC(=O)Nc1ccc2c(c1)C(COC(C)=O)c1cc(C(=O)CCCOC(C)CCO)ccc1-2.CCCCOCCNC(=O)CCCc1ccc2c(c1)C(COC(C)=O)c1cccc(C(=O)CCCOC(C)CCO)c1-2.CCNS(=O)(=O)c1cnccc1CCOC(C)=O. The summed E-state index contributed by atoms with van der Waals surface area (Å²) in [5, 5.41) is 35.7. The molecule has 796 valence electrons. The van der Waals surface area contributed by atoms with E-state index in [-0.39, 0.29) is 166 Å². The number of nitrogens with one attached hydrogen (secondary N) is 4. The Morgan fingerprint density at radius 3 is 1.24 bits per heavy atom. The normalized spacial score (nSPS) is 13.7. The van der Waals surface area contributed by atoms with Gasteiger partial charge in [0, 0.05) is 223 Å². The Morgan fingerprint density at radius 1 is 0.393 bits per heavy atom. The van der Waals surface area contributed by atoms with Crippen LogP contribution in [0.15, 0.2) is 133 Å². The molecule has 3 amide bonds. The predicted molar refractivity (Wildman–Crippen MR) is 557 cm³/mol. The van der Waals surface area contributed by atoms with E-state index in [1.807, 2.05) is 112 Å². The fourth-order valence-electron chi connectivity index (χ4n) is 16.8. The highest BCUT2D eigenvalue weighted by Crippen LogP contribution is 2.50. The molecule has 0 saturated carbocycles. The summed E-state index contributed by atoms with van der Waals surface area (Å²) in [6.45, 7) is 26.4. The highest BCUT2D eigenvalue weighted by Gasteiger charge is 2.36. The van der Waals surface area contributed by atoms with Gasteiger partial charge in [0.05, 0.1) is 38.1 Å². The average molecular weight is 2030 g/mol. The van der Waals surface area contributed by atoms with Gasteiger partial charge in [-0.2, -0.15) is 0 Å². The lowest BCUT2D eigenvalue weighted by Crippen LogP contribution is -2.27. The van der Waals surface area contributed by atoms with E-state index in [1.54, 1.807) is 13.0 Å². The van der Waals surface area contributed by atoms with Crippen LogP contribution in [0.2, 0.25) is 0 Å². The van der Waals surface area contributed by atoms with Gasteiger partial charge in [0.25, 0.3) is 0 Å². The molecule has 0 bridgehead atoms. The number of ketones is 4. The first-order valence-electron chi connectivity index (χ1n) is 51.1. The van der Waals surface area contributed by atoms with Gasteiger partial charge in [0.1, 0.15) is 24.7 Å². The number of aromatic nitrogens is 1. The summed E-state index contributed by atoms with van der Waals surface area (Å²) in [5.41, 5.74) is 16.3. The number of rotatable bonds is 65. The molecule has 7 N–H and O–H groups in total. The number of fused-ring (bicyclic) bond motifs is 9. The fourth-order valence-corrected chi connectivity index (χ4v) is 18.1. The molecule has 31 nitrogen and oxygen atoms in total. The number of carbonyl (C=O) groups excluding carboxylic acids is 11. The Morgan fingerprint density at radius 2 is 0.793 bits per heavy atom. The van der Waals surface area contributed by atoms with Crippen molar-refractivity contribution in [3.63, 3.8) is 0 Å². The van der Waals surface area contributed by atoms with Gasteiger partial charge in [-0.3, -0.25) is 57.7 Å². The number of aliphatic hydroxyl groups excluding tert-OH is 3. The minimum atomic E-state index is -3.54. The molecule has 0 spiro atoms. The van der Waals surface area contributed by atoms with Crippen molar-refractivity contribution >= 4 is 80.4 Å². The van der Waals surface area contributed by atoms with Crippen LogP contribution in [0, 0.1) is 0 Å². The molecule has 32 heteroatoms. The highest BCUT2D eigenvalue weighted by atomic mass is 32.2. The topological polar surface area (TPSA) is 436 Å². The Labute approximate surface area is 857 Å². The number of carbonyl (C=O) groups is 11. The molecule has 1 aromatic heterocycles. The van der Waals surface area contributed by atoms with Crippen molar-refractivity contribution in [2.75, 3.05) is 131 Å². The lowest BCUT2D eigenvalue weighted by molar-refractivity contribution is -0.142. The van der Waals surface area contributed by atoms with E-state index in [0.29, 0.717) is 196 Å². The van der Waals surface area contributed by atoms with Crippen molar-refractivity contribution in [3.8, 4) is 33.4 Å². The van der Waals surface area contributed by atoms with Crippen LogP contribution >= 0.6 is 0 Å². The number of aliphatic hydroxyl groups is 3. The Balaban J connectivity index is 0.000000306. The summed E-state index contributed by atoms with van der Waals surface area (Å²) in [6, 6.07) is 36.3. The van der Waals surface area contributed by atoms with E-state index in [0.717, 1.165) is 130 Å². The van der Waals surface area contributed by atoms with Crippen LogP contribution in [0.3, 0.4) is 0 Å². The number of Topliss-reactive ketones (excluding diaryl/α,β-unsaturated/α-hetero) is 4. The molecule has 0 radical (unpaired) electrons. The monoisotopic (exact) mass is 2030 g/mol. The minimum Gasteiger partial charge on any atom is -0.466 e. The summed E-state index contributed by atoms with van der Waals surface area (Å²) >= 11 is 0. The number of esters is 4. The van der Waals surface area contributed by atoms with Crippen molar-refractivity contribution in [2.45, 2.75) is 279 Å². The zero-order chi connectivity index (χ0) is 105. The van der Waals surface area contributed by atoms with E-state index >= 15 is 0 Å². The van der Waals surface area contributed by atoms with Gasteiger partial charge >= 0.3 is 23.9 Å². The smallest absolute Gasteiger partial charge is 0.302 e. The van der Waals surface area contributed by atoms with Crippen LogP contribution in [0.1, 0.15) is 329 Å². The summed E-state index contributed by atoms with van der Waals surface area (Å²) < 4.78 is 80.8. The summed E-state index contributed by atoms with van der Waals surface area (Å²) in [4.78, 5) is 139. The molecule has 0 fully saturated rings. The van der Waals surface area contributed by atoms with E-state index in [4.69, 9.17) is 62.7 Å². The van der Waals surface area contributed by atoms with Crippen LogP contribution < -0.4 is 20.7 Å². The number of hydrogen-bond acceptors (Lipinski definition) is 27. The number of benzene rings is 6. The zero-order valence-corrected chi connectivity index (χ0v) is 86.9. The molecule has 7 aromatic rings. The average Bonchev–Trinajstić information content (AvgIpc) is 1.60. The molecule has 0 aliphatic heterocycles. The molecule has 6 aromatic carbocycles. The van der Waals surface area contributed by atoms with E-state index in [2.05, 4.69) is 64.6 Å². The molecule has 10 rings (SSSR count). The molecule has 0 saturated heterocycles. The van der Waals surface area contributed by atoms with Crippen molar-refractivity contribution in [1.82, 2.24) is 20.3 Å². The maximum atomic E-state index is 13.3. The molecule has 6 atom stereocenters. The lowest BCUT2D eigenvalue weighted by atomic mass is 9.93. The predicted octanol–water partition coefficient (Wildman–Crippen LogP) is 17.5. The van der Waals surface area contributed by atoms with Gasteiger partial charge in [0.2, 0.25) is 27.7 Å². The van der Waals surface area contributed by atoms with Gasteiger partial charge < -0.3 is 78.6 Å². The quantitative estimate of drug-likeness (QED) is 0.00805. The molecular formula is C113H157N5O26S. The number of amides is 3. The first-order valence-corrected chi connectivity index (χ1v) is 52.5. The third-order valence-electron chi connectivity index (χ3n) is 24.5. The number of anilines is 1. The first-order chi connectivity index (χ1) is 69.4. The molecule has 3 aliphatic rings. The second-order valence-electron chi connectivity index (χ2n) is 36.1. The van der Waals surface area contributed by atoms with Crippen molar-refractivity contribution in [3.05, 3.63) is 194 Å². The molecule has 145 heavy (non-hydrogen) atoms. The molecule has 1 heterocycles. The van der Waals surface area contributed by atoms with Crippen LogP contribution in [0.4, 0.5) is 5.69 Å². The summed E-state index contributed by atoms with van der Waals surface area (Å²) in [5.74, 6) is -2.35. The maximum Gasteiger partial charge on any atom is 0.302 e. The Hall–Kier alpha value is -11.0. The summed E-state index contributed by atoms with van der Waals surface area (Å²) in [7, 11) is -3.54. The van der Waals surface area contributed by atoms with E-state index in [1.165, 1.54) is 40.1 Å². The van der Waals surface area contributed by atoms with Crippen LogP contribution in [0.5, 0.6) is 0 Å². The van der Waals surface area contributed by atoms with Gasteiger partial charge in [-0.15, -0.1) is 0 Å². The van der Waals surface area contributed by atoms with E-state index < -0.39 is 16.0 Å². The van der Waals surface area contributed by atoms with Gasteiger partial charge in [-0.25, -0.2) is 13.1 Å². The minimum absolute atomic E-state index is 0. The number of pyridine rings is 1. The van der Waals surface area contributed by atoms with Crippen LogP contribution in [-0.2, 0) is 104 Å². The van der Waals surface area contributed by atoms with Gasteiger partial charge in [0.15, 0.2) is 23.1 Å². The number of unbranched alkanes of at least 4 members (excludes halogenated alkanes) is 3. The fraction of sp³-hybridized carbons (Fsp3) is 0.540. The third kappa shape index (κ3) is 42.4. The van der Waals surface area contributed by atoms with E-state index in [9.17, 15) is 61.2 Å². The molecule has 6 unspecified atom stereocenters. The lowest BCUT2D eigenvalue weighted by Gasteiger charge is -2.15. The van der Waals surface area contributed by atoms with Crippen molar-refractivity contribution in [2.24, 2.45) is 0 Å². The zero-order valence-electron chi connectivity index (χ0n) is 86.1. The van der Waals surface area contributed by atoms with Gasteiger partial charge in [-0.1, -0.05) is 133 Å². The number of hydrogen-bond donors (Lipinski definition) is 7. The number of aryl methyl sites for hydroxylation is 1. The Kier molecular flexibility index (Phi) is 57.3. The third-order valence-corrected chi connectivity index (χ3v) is 26.1. The second kappa shape index (κ2) is 67.7. The Bertz CT molecular complexity index is 5390. The molecule has 3 aliphatic carbocycles. The highest BCUT2D eigenvalue weighted by molar-refractivity contribution is 7.89. The molecular weight excluding hydrogens is 1880 g/mol.